The number of nitrogens with one attached hydrogen (secondary N) is 2. The van der Waals surface area contributed by atoms with Crippen molar-refractivity contribution in [2.45, 2.75) is 0 Å². The van der Waals surface area contributed by atoms with Crippen molar-refractivity contribution in [3.8, 4) is 11.5 Å². The van der Waals surface area contributed by atoms with E-state index in [4.69, 9.17) is 9.47 Å². The van der Waals surface area contributed by atoms with E-state index < -0.39 is 0 Å². The Morgan fingerprint density at radius 2 is 1.32 bits per heavy atom. The van der Waals surface area contributed by atoms with Crippen molar-refractivity contribution in [2.24, 2.45) is 0 Å². The molecule has 4 aromatic heterocycles. The molecule has 0 aliphatic rings. The molecule has 0 spiro atoms. The van der Waals surface area contributed by atoms with E-state index in [1.807, 2.05) is 30.3 Å². The molecule has 0 saturated carbocycles. The van der Waals surface area contributed by atoms with E-state index >= 15 is 0 Å². The van der Waals surface area contributed by atoms with Crippen LogP contribution in [0.5, 0.6) is 11.5 Å². The van der Waals surface area contributed by atoms with Crippen LogP contribution in [0.2, 0.25) is 0 Å². The Hall–Kier alpha value is -3.94. The van der Waals surface area contributed by atoms with Crippen LogP contribution in [0.25, 0.3) is 11.0 Å². The summed E-state index contributed by atoms with van der Waals surface area (Å²) in [5, 5.41) is 6.49. The molecule has 8 nitrogen and oxygen atoms in total. The molecule has 4 rings (SSSR count). The maximum Gasteiger partial charge on any atom is 0.139 e. The van der Waals surface area contributed by atoms with Gasteiger partial charge < -0.3 is 20.1 Å². The summed E-state index contributed by atoms with van der Waals surface area (Å²) in [7, 11) is 3.21. The van der Waals surface area contributed by atoms with Gasteiger partial charge in [0.2, 0.25) is 0 Å². The summed E-state index contributed by atoms with van der Waals surface area (Å²) in [4.78, 5) is 17.4. The fourth-order valence-corrected chi connectivity index (χ4v) is 2.66. The summed E-state index contributed by atoms with van der Waals surface area (Å²) >= 11 is 0. The number of rotatable bonds is 6. The van der Waals surface area contributed by atoms with Crippen LogP contribution in [0.1, 0.15) is 0 Å². The Morgan fingerprint density at radius 3 is 2.00 bits per heavy atom. The minimum atomic E-state index is 0.672. The van der Waals surface area contributed by atoms with Gasteiger partial charge in [-0.2, -0.15) is 0 Å². The van der Waals surface area contributed by atoms with Crippen molar-refractivity contribution in [2.75, 3.05) is 24.9 Å². The first kappa shape index (κ1) is 17.5. The summed E-state index contributed by atoms with van der Waals surface area (Å²) in [5.41, 5.74) is 3.94. The Labute approximate surface area is 161 Å². The van der Waals surface area contributed by atoms with Gasteiger partial charge in [-0.25, -0.2) is 4.98 Å². The van der Waals surface area contributed by atoms with E-state index in [0.717, 1.165) is 28.1 Å². The topological polar surface area (TPSA) is 94.1 Å². The molecule has 0 aliphatic heterocycles. The SMILES string of the molecule is COc1cncc(Nc2cnc3ccc(Nc4cncc(OC)c4)nc3c2)c1. The molecular formula is C20H18N6O2. The standard InChI is InChI=1S/C20H18N6O2/c1-27-16-5-13(8-21-11-16)24-15-7-19-18(23-10-15)3-4-20(26-19)25-14-6-17(28-2)12-22-9-14/h3-12,24H,1-2H3,(H,25,26). The zero-order valence-corrected chi connectivity index (χ0v) is 15.4. The Balaban J connectivity index is 1.59. The smallest absolute Gasteiger partial charge is 0.139 e. The van der Waals surface area contributed by atoms with Crippen molar-refractivity contribution in [3.63, 3.8) is 0 Å². The Bertz CT molecular complexity index is 1030. The maximum absolute atomic E-state index is 5.20. The molecule has 2 N–H and O–H groups in total. The van der Waals surface area contributed by atoms with E-state index in [9.17, 15) is 0 Å². The van der Waals surface area contributed by atoms with Crippen molar-refractivity contribution < 1.29 is 9.47 Å². The van der Waals surface area contributed by atoms with Gasteiger partial charge in [0.25, 0.3) is 0 Å². The highest BCUT2D eigenvalue weighted by Gasteiger charge is 2.05. The van der Waals surface area contributed by atoms with Crippen LogP contribution < -0.4 is 20.1 Å². The van der Waals surface area contributed by atoms with E-state index in [0.29, 0.717) is 17.3 Å². The highest BCUT2D eigenvalue weighted by molar-refractivity contribution is 5.81. The number of methoxy groups -OCH3 is 2. The monoisotopic (exact) mass is 374 g/mol. The largest absolute Gasteiger partial charge is 0.495 e. The molecule has 0 radical (unpaired) electrons. The number of hydrogen-bond donors (Lipinski definition) is 2. The lowest BCUT2D eigenvalue weighted by Crippen LogP contribution is -1.97. The molecule has 0 amide bonds. The second kappa shape index (κ2) is 7.75. The van der Waals surface area contributed by atoms with E-state index in [-0.39, 0.29) is 0 Å². The lowest BCUT2D eigenvalue weighted by atomic mass is 10.3. The fourth-order valence-electron chi connectivity index (χ4n) is 2.66. The van der Waals surface area contributed by atoms with Crippen LogP contribution in [0.3, 0.4) is 0 Å². The number of anilines is 4. The second-order valence-corrected chi connectivity index (χ2v) is 5.94. The van der Waals surface area contributed by atoms with Gasteiger partial charge in [0.1, 0.15) is 17.3 Å². The van der Waals surface area contributed by atoms with Crippen molar-refractivity contribution in [1.82, 2.24) is 19.9 Å². The lowest BCUT2D eigenvalue weighted by molar-refractivity contribution is 0.413. The summed E-state index contributed by atoms with van der Waals surface area (Å²) in [6, 6.07) is 9.42. The molecule has 4 heterocycles. The first-order valence-corrected chi connectivity index (χ1v) is 8.52. The molecule has 0 aliphatic carbocycles. The molecule has 0 saturated heterocycles. The van der Waals surface area contributed by atoms with Crippen molar-refractivity contribution >= 4 is 33.9 Å². The number of aromatic nitrogens is 4. The van der Waals surface area contributed by atoms with Gasteiger partial charge in [-0.15, -0.1) is 0 Å². The predicted octanol–water partition coefficient (Wildman–Crippen LogP) is 3.92. The fraction of sp³-hybridized carbons (Fsp3) is 0.100. The van der Waals surface area contributed by atoms with Crippen molar-refractivity contribution in [3.05, 3.63) is 61.3 Å². The molecule has 4 aromatic rings. The molecule has 8 heteroatoms. The maximum atomic E-state index is 5.20. The molecule has 0 aromatic carbocycles. The van der Waals surface area contributed by atoms with Gasteiger partial charge in [0, 0.05) is 12.1 Å². The molecule has 0 unspecified atom stereocenters. The number of hydrogen-bond acceptors (Lipinski definition) is 8. The van der Waals surface area contributed by atoms with Gasteiger partial charge in [-0.1, -0.05) is 0 Å². The van der Waals surface area contributed by atoms with Gasteiger partial charge in [-0.3, -0.25) is 15.0 Å². The summed E-state index contributed by atoms with van der Waals surface area (Å²) in [6.45, 7) is 0. The number of fused-ring (bicyclic) bond motifs is 1. The minimum absolute atomic E-state index is 0.672. The van der Waals surface area contributed by atoms with Gasteiger partial charge in [-0.05, 0) is 18.2 Å². The van der Waals surface area contributed by atoms with E-state index in [2.05, 4.69) is 30.6 Å². The lowest BCUT2D eigenvalue weighted by Gasteiger charge is -2.10. The number of nitrogens with zero attached hydrogens (tertiary/aromatic N) is 4. The van der Waals surface area contributed by atoms with Gasteiger partial charge >= 0.3 is 0 Å². The van der Waals surface area contributed by atoms with E-state index in [1.54, 1.807) is 45.2 Å². The van der Waals surface area contributed by atoms with Crippen LogP contribution in [-0.2, 0) is 0 Å². The normalized spacial score (nSPS) is 10.5. The van der Waals surface area contributed by atoms with Gasteiger partial charge in [0.05, 0.1) is 73.3 Å². The number of pyridine rings is 4. The molecular weight excluding hydrogens is 356 g/mol. The molecule has 28 heavy (non-hydrogen) atoms. The third-order valence-electron chi connectivity index (χ3n) is 4.00. The summed E-state index contributed by atoms with van der Waals surface area (Å²) in [6.07, 6.45) is 8.47. The second-order valence-electron chi connectivity index (χ2n) is 5.94. The Kier molecular flexibility index (Phi) is 4.83. The molecule has 0 atom stereocenters. The first-order chi connectivity index (χ1) is 13.7. The van der Waals surface area contributed by atoms with Crippen molar-refractivity contribution in [1.29, 1.82) is 0 Å². The molecule has 0 fully saturated rings. The zero-order valence-electron chi connectivity index (χ0n) is 15.4. The average Bonchev–Trinajstić information content (AvgIpc) is 2.74. The third kappa shape index (κ3) is 3.90. The third-order valence-corrected chi connectivity index (χ3v) is 4.00. The van der Waals surface area contributed by atoms with E-state index in [1.165, 1.54) is 0 Å². The minimum Gasteiger partial charge on any atom is -0.495 e. The molecule has 140 valence electrons. The number of ether oxygens (including phenoxy) is 2. The highest BCUT2D eigenvalue weighted by Crippen LogP contribution is 2.24. The summed E-state index contributed by atoms with van der Waals surface area (Å²) < 4.78 is 10.4. The molecule has 0 bridgehead atoms. The van der Waals surface area contributed by atoms with Crippen LogP contribution >= 0.6 is 0 Å². The average molecular weight is 374 g/mol. The van der Waals surface area contributed by atoms with Crippen LogP contribution in [0, 0.1) is 0 Å². The summed E-state index contributed by atoms with van der Waals surface area (Å²) in [5.74, 6) is 2.03. The quantitative estimate of drug-likeness (QED) is 0.524. The van der Waals surface area contributed by atoms with Crippen LogP contribution in [0.15, 0.2) is 61.3 Å². The van der Waals surface area contributed by atoms with Crippen LogP contribution in [0.4, 0.5) is 22.9 Å². The highest BCUT2D eigenvalue weighted by atomic mass is 16.5. The van der Waals surface area contributed by atoms with Crippen LogP contribution in [-0.4, -0.2) is 34.2 Å². The Morgan fingerprint density at radius 1 is 0.679 bits per heavy atom. The predicted molar refractivity (Wildman–Crippen MR) is 108 cm³/mol. The zero-order chi connectivity index (χ0) is 19.3. The van der Waals surface area contributed by atoms with Gasteiger partial charge in [0.15, 0.2) is 0 Å². The first-order valence-electron chi connectivity index (χ1n) is 8.52.